The summed E-state index contributed by atoms with van der Waals surface area (Å²) in [7, 11) is 0. The summed E-state index contributed by atoms with van der Waals surface area (Å²) in [5.41, 5.74) is 9.59. The quantitative estimate of drug-likeness (QED) is 0.168. The average Bonchev–Trinajstić information content (AvgIpc) is 3.18. The van der Waals surface area contributed by atoms with E-state index in [0.717, 1.165) is 8.95 Å². The van der Waals surface area contributed by atoms with E-state index in [2.05, 4.69) is 127 Å². The average molecular weight is 595 g/mol. The van der Waals surface area contributed by atoms with Crippen LogP contribution in [0.4, 0.5) is 0 Å². The molecular weight excluding hydrogens is 570 g/mol. The molecule has 1 spiro atoms. The van der Waals surface area contributed by atoms with Gasteiger partial charge in [0.2, 0.25) is 0 Å². The Hall–Kier alpha value is -2.62. The molecule has 0 N–H and O–H groups in total. The first-order valence-corrected chi connectivity index (χ1v) is 14.6. The maximum atomic E-state index is 3.87. The van der Waals surface area contributed by atoms with Gasteiger partial charge in [-0.2, -0.15) is 0 Å². The van der Waals surface area contributed by atoms with E-state index >= 15 is 0 Å². The van der Waals surface area contributed by atoms with E-state index in [1.54, 1.807) is 0 Å². The van der Waals surface area contributed by atoms with Crippen LogP contribution in [-0.4, -0.2) is 4.57 Å². The molecule has 8 rings (SSSR count). The van der Waals surface area contributed by atoms with Crippen LogP contribution in [0.5, 0.6) is 0 Å². The molecule has 2 heterocycles. The lowest BCUT2D eigenvalue weighted by atomic mass is 9.54. The van der Waals surface area contributed by atoms with Crippen LogP contribution in [0, 0.1) is 5.92 Å². The van der Waals surface area contributed by atoms with Crippen molar-refractivity contribution in [2.24, 2.45) is 5.92 Å². The van der Waals surface area contributed by atoms with Gasteiger partial charge in [-0.15, -0.1) is 0 Å². The van der Waals surface area contributed by atoms with Gasteiger partial charge in [-0.05, 0) is 76.9 Å². The highest BCUT2D eigenvalue weighted by atomic mass is 79.9. The van der Waals surface area contributed by atoms with Crippen molar-refractivity contribution in [2.45, 2.75) is 37.1 Å². The SMILES string of the molecule is Brc1ccc2c(c1)C1(c3cc(Br)ccc3C=C2)c2cccc3c4ccccc4n(c23)[C@H]2CCCCC21. The number of hydrogen-bond donors (Lipinski definition) is 0. The first-order valence-electron chi connectivity index (χ1n) is 13.0. The minimum atomic E-state index is -0.225. The maximum Gasteiger partial charge on any atom is 0.0539 e. The molecule has 1 unspecified atom stereocenters. The molecule has 0 radical (unpaired) electrons. The van der Waals surface area contributed by atoms with Crippen LogP contribution in [0.1, 0.15) is 59.5 Å². The van der Waals surface area contributed by atoms with Gasteiger partial charge in [-0.1, -0.05) is 105 Å². The second-order valence-corrected chi connectivity index (χ2v) is 12.5. The Morgan fingerprint density at radius 2 is 1.33 bits per heavy atom. The van der Waals surface area contributed by atoms with E-state index in [0.29, 0.717) is 12.0 Å². The predicted molar refractivity (Wildman–Crippen MR) is 158 cm³/mol. The van der Waals surface area contributed by atoms with E-state index in [1.807, 2.05) is 0 Å². The smallest absolute Gasteiger partial charge is 0.0539 e. The number of rotatable bonds is 0. The standard InChI is InChI=1S/C33H25Br2N/c34-22-16-14-20-12-13-21-15-17-23(35)19-29(21)33(28(20)18-22)26-8-2-4-11-31(26)36-30-10-3-1-6-24(30)25-7-5-9-27(33)32(25)36/h1,3,5-7,9-10,12-19,26,31H,2,4,8,11H2/t26?,31-/m0/s1. The minimum absolute atomic E-state index is 0.225. The van der Waals surface area contributed by atoms with Crippen molar-refractivity contribution in [1.82, 2.24) is 4.57 Å². The van der Waals surface area contributed by atoms with Crippen LogP contribution in [-0.2, 0) is 5.41 Å². The van der Waals surface area contributed by atoms with E-state index in [9.17, 15) is 0 Å². The summed E-state index contributed by atoms with van der Waals surface area (Å²) < 4.78 is 5.04. The molecule has 4 aromatic carbocycles. The molecule has 1 aliphatic heterocycles. The minimum Gasteiger partial charge on any atom is -0.337 e. The highest BCUT2D eigenvalue weighted by molar-refractivity contribution is 9.10. The second-order valence-electron chi connectivity index (χ2n) is 10.7. The molecule has 0 saturated heterocycles. The normalized spacial score (nSPS) is 21.3. The van der Waals surface area contributed by atoms with Crippen LogP contribution in [0.25, 0.3) is 34.0 Å². The van der Waals surface area contributed by atoms with Crippen LogP contribution in [0.2, 0.25) is 0 Å². The lowest BCUT2D eigenvalue weighted by Gasteiger charge is -2.52. The zero-order valence-corrected chi connectivity index (χ0v) is 23.0. The predicted octanol–water partition coefficient (Wildman–Crippen LogP) is 9.88. The van der Waals surface area contributed by atoms with Crippen LogP contribution >= 0.6 is 31.9 Å². The molecule has 5 aromatic rings. The third-order valence-electron chi connectivity index (χ3n) is 9.10. The third kappa shape index (κ3) is 2.66. The van der Waals surface area contributed by atoms with Gasteiger partial charge in [-0.25, -0.2) is 0 Å². The second kappa shape index (κ2) is 7.69. The largest absolute Gasteiger partial charge is 0.337 e. The molecule has 1 nitrogen and oxygen atoms in total. The number of benzene rings is 4. The molecule has 0 amide bonds. The summed E-state index contributed by atoms with van der Waals surface area (Å²) >= 11 is 7.73. The van der Waals surface area contributed by atoms with E-state index < -0.39 is 0 Å². The molecule has 3 aliphatic rings. The lowest BCUT2D eigenvalue weighted by molar-refractivity contribution is 0.176. The topological polar surface area (TPSA) is 4.93 Å². The van der Waals surface area contributed by atoms with Gasteiger partial charge in [0.1, 0.15) is 0 Å². The van der Waals surface area contributed by atoms with Crippen molar-refractivity contribution < 1.29 is 0 Å². The molecular formula is C33H25Br2N. The monoisotopic (exact) mass is 593 g/mol. The first-order chi connectivity index (χ1) is 17.7. The van der Waals surface area contributed by atoms with Crippen LogP contribution < -0.4 is 0 Å². The molecule has 2 atom stereocenters. The molecule has 1 fully saturated rings. The zero-order valence-electron chi connectivity index (χ0n) is 19.8. The van der Waals surface area contributed by atoms with Crippen LogP contribution in [0.3, 0.4) is 0 Å². The van der Waals surface area contributed by atoms with Gasteiger partial charge in [0.25, 0.3) is 0 Å². The molecule has 36 heavy (non-hydrogen) atoms. The molecule has 0 bridgehead atoms. The number of para-hydroxylation sites is 2. The van der Waals surface area contributed by atoms with Gasteiger partial charge in [-0.3, -0.25) is 0 Å². The Bertz CT molecular complexity index is 1680. The Balaban J connectivity index is 1.64. The van der Waals surface area contributed by atoms with Gasteiger partial charge in [0, 0.05) is 31.3 Å². The van der Waals surface area contributed by atoms with Gasteiger partial charge < -0.3 is 4.57 Å². The van der Waals surface area contributed by atoms with E-state index in [4.69, 9.17) is 0 Å². The Morgan fingerprint density at radius 3 is 2.08 bits per heavy atom. The Kier molecular flexibility index (Phi) is 4.59. The fourth-order valence-corrected chi connectivity index (χ4v) is 8.61. The molecule has 1 aromatic heterocycles. The van der Waals surface area contributed by atoms with Crippen molar-refractivity contribution in [3.05, 3.63) is 116 Å². The first kappa shape index (κ1) is 21.5. The Labute approximate surface area is 228 Å². The fraction of sp³-hybridized carbons (Fsp3) is 0.212. The van der Waals surface area contributed by atoms with Gasteiger partial charge in [0.05, 0.1) is 10.9 Å². The van der Waals surface area contributed by atoms with Crippen molar-refractivity contribution >= 4 is 65.8 Å². The molecule has 2 aliphatic carbocycles. The van der Waals surface area contributed by atoms with E-state index in [-0.39, 0.29) is 5.41 Å². The van der Waals surface area contributed by atoms with Crippen molar-refractivity contribution in [3.8, 4) is 0 Å². The summed E-state index contributed by atoms with van der Waals surface area (Å²) in [6.45, 7) is 0. The lowest BCUT2D eigenvalue weighted by Crippen LogP contribution is -2.47. The zero-order chi connectivity index (χ0) is 24.0. The third-order valence-corrected chi connectivity index (χ3v) is 10.1. The molecule has 176 valence electrons. The van der Waals surface area contributed by atoms with Crippen molar-refractivity contribution in [3.63, 3.8) is 0 Å². The van der Waals surface area contributed by atoms with Gasteiger partial charge >= 0.3 is 0 Å². The highest BCUT2D eigenvalue weighted by Gasteiger charge is 2.54. The summed E-state index contributed by atoms with van der Waals surface area (Å²) in [6.07, 6.45) is 9.71. The van der Waals surface area contributed by atoms with Crippen molar-refractivity contribution in [1.29, 1.82) is 0 Å². The number of hydrogen-bond acceptors (Lipinski definition) is 0. The molecule has 1 saturated carbocycles. The van der Waals surface area contributed by atoms with E-state index in [1.165, 1.54) is 75.3 Å². The fourth-order valence-electron chi connectivity index (χ4n) is 7.89. The number of aromatic nitrogens is 1. The number of nitrogens with zero attached hydrogens (tertiary/aromatic N) is 1. The van der Waals surface area contributed by atoms with Gasteiger partial charge in [0.15, 0.2) is 0 Å². The number of fused-ring (bicyclic) bond motifs is 11. The number of halogens is 2. The Morgan fingerprint density at radius 1 is 0.667 bits per heavy atom. The summed E-state index contributed by atoms with van der Waals surface area (Å²) in [5, 5.41) is 2.77. The maximum absolute atomic E-state index is 3.87. The summed E-state index contributed by atoms with van der Waals surface area (Å²) in [4.78, 5) is 0. The van der Waals surface area contributed by atoms with Crippen LogP contribution in [0.15, 0.2) is 87.8 Å². The highest BCUT2D eigenvalue weighted by Crippen LogP contribution is 2.62. The van der Waals surface area contributed by atoms with Crippen molar-refractivity contribution in [2.75, 3.05) is 0 Å². The molecule has 3 heteroatoms. The summed E-state index contributed by atoms with van der Waals surface area (Å²) in [6, 6.07) is 30.4. The summed E-state index contributed by atoms with van der Waals surface area (Å²) in [5.74, 6) is 0.473.